The van der Waals surface area contributed by atoms with Crippen molar-refractivity contribution in [3.8, 4) is 0 Å². The monoisotopic (exact) mass is 456 g/mol. The summed E-state index contributed by atoms with van der Waals surface area (Å²) in [5.74, 6) is -1.17. The summed E-state index contributed by atoms with van der Waals surface area (Å²) < 4.78 is 46.2. The number of nitrogens with zero attached hydrogens (tertiary/aromatic N) is 1. The minimum atomic E-state index is -3.96. The first-order valence-corrected chi connectivity index (χ1v) is 11.2. The average Bonchev–Trinajstić information content (AvgIpc) is 2.95. The molecule has 30 heavy (non-hydrogen) atoms. The highest BCUT2D eigenvalue weighted by Gasteiger charge is 2.30. The first kappa shape index (κ1) is 22.6. The van der Waals surface area contributed by atoms with Gasteiger partial charge >= 0.3 is 0 Å². The van der Waals surface area contributed by atoms with Crippen LogP contribution in [-0.4, -0.2) is 56.1 Å². The Morgan fingerprint density at radius 2 is 2.10 bits per heavy atom. The van der Waals surface area contributed by atoms with Gasteiger partial charge in [-0.1, -0.05) is 24.6 Å². The molecular weight excluding hydrogens is 435 g/mol. The number of rotatable bonds is 5. The molecule has 1 saturated heterocycles. The quantitative estimate of drug-likeness (QED) is 0.721. The van der Waals surface area contributed by atoms with Crippen molar-refractivity contribution in [1.82, 2.24) is 4.31 Å². The second kappa shape index (κ2) is 9.40. The van der Waals surface area contributed by atoms with Gasteiger partial charge in [0.2, 0.25) is 10.0 Å². The molecule has 162 valence electrons. The van der Waals surface area contributed by atoms with Crippen LogP contribution in [0.25, 0.3) is 0 Å². The number of anilines is 1. The van der Waals surface area contributed by atoms with Gasteiger partial charge in [0.15, 0.2) is 0 Å². The minimum absolute atomic E-state index is 0.00360. The van der Waals surface area contributed by atoms with E-state index in [1.165, 1.54) is 28.6 Å². The number of β-amino-alcohol motifs (C(OH)–C–C–N with tert-alkyl or cyclic N) is 1. The molecule has 0 bridgehead atoms. The highest BCUT2D eigenvalue weighted by atomic mass is 35.5. The largest absolute Gasteiger partial charge is 0.389 e. The Balaban J connectivity index is 1.92. The fraction of sp³-hybridized carbons (Fsp3) is 0.350. The van der Waals surface area contributed by atoms with E-state index in [9.17, 15) is 22.7 Å². The van der Waals surface area contributed by atoms with Crippen LogP contribution in [0.1, 0.15) is 22.8 Å². The van der Waals surface area contributed by atoms with Gasteiger partial charge in [-0.15, -0.1) is 0 Å². The number of amides is 1. The van der Waals surface area contributed by atoms with E-state index in [0.29, 0.717) is 12.0 Å². The second-order valence-electron chi connectivity index (χ2n) is 6.85. The highest BCUT2D eigenvalue weighted by molar-refractivity contribution is 7.89. The molecule has 0 aliphatic carbocycles. The summed E-state index contributed by atoms with van der Waals surface area (Å²) in [4.78, 5) is 12.7. The minimum Gasteiger partial charge on any atom is -0.389 e. The Bertz CT molecular complexity index is 1050. The topological polar surface area (TPSA) is 95.9 Å². The lowest BCUT2D eigenvalue weighted by Gasteiger charge is -2.22. The van der Waals surface area contributed by atoms with Crippen LogP contribution in [0.5, 0.6) is 0 Å². The van der Waals surface area contributed by atoms with E-state index in [0.717, 1.165) is 6.07 Å². The van der Waals surface area contributed by atoms with Crippen LogP contribution in [-0.2, 0) is 21.2 Å². The van der Waals surface area contributed by atoms with E-state index in [2.05, 4.69) is 5.32 Å². The van der Waals surface area contributed by atoms with Gasteiger partial charge in [-0.2, -0.15) is 4.31 Å². The molecule has 0 spiro atoms. The third kappa shape index (κ3) is 4.98. The Morgan fingerprint density at radius 3 is 2.80 bits per heavy atom. The standard InChI is InChI=1S/C20H22ClFN2O5S/c1-2-13-3-4-14(20(26)23-15-5-6-18(22)17(21)10-15)9-19(13)30(27,28)24-7-8-29-12-16(25)11-24/h3-6,9-10,16,25H,2,7-8,11-12H2,1H3,(H,23,26). The molecule has 1 amide bonds. The Hall–Kier alpha value is -2.04. The summed E-state index contributed by atoms with van der Waals surface area (Å²) in [6, 6.07) is 8.18. The van der Waals surface area contributed by atoms with Crippen molar-refractivity contribution < 1.29 is 27.4 Å². The predicted molar refractivity (Wildman–Crippen MR) is 111 cm³/mol. The summed E-state index contributed by atoms with van der Waals surface area (Å²) in [6.07, 6.45) is -0.487. The maximum atomic E-state index is 13.3. The molecule has 2 aromatic carbocycles. The Morgan fingerprint density at radius 1 is 1.33 bits per heavy atom. The number of ether oxygens (including phenoxy) is 1. The van der Waals surface area contributed by atoms with Crippen molar-refractivity contribution in [3.05, 3.63) is 58.4 Å². The number of hydrogen-bond acceptors (Lipinski definition) is 5. The number of aliphatic hydroxyl groups is 1. The maximum Gasteiger partial charge on any atom is 0.255 e. The number of aryl methyl sites for hydroxylation is 1. The van der Waals surface area contributed by atoms with Gasteiger partial charge in [0.05, 0.1) is 29.2 Å². The Labute approximate surface area is 179 Å². The van der Waals surface area contributed by atoms with Crippen molar-refractivity contribution in [1.29, 1.82) is 0 Å². The summed E-state index contributed by atoms with van der Waals surface area (Å²) >= 11 is 5.74. The average molecular weight is 457 g/mol. The fourth-order valence-electron chi connectivity index (χ4n) is 3.13. The normalized spacial score (nSPS) is 18.1. The molecule has 1 heterocycles. The maximum absolute atomic E-state index is 13.3. The molecule has 2 N–H and O–H groups in total. The van der Waals surface area contributed by atoms with E-state index in [1.807, 2.05) is 6.92 Å². The van der Waals surface area contributed by atoms with Gasteiger partial charge < -0.3 is 15.2 Å². The van der Waals surface area contributed by atoms with E-state index < -0.39 is 27.9 Å². The molecule has 7 nitrogen and oxygen atoms in total. The second-order valence-corrected chi connectivity index (χ2v) is 9.16. The van der Waals surface area contributed by atoms with Crippen LogP contribution in [0, 0.1) is 5.82 Å². The van der Waals surface area contributed by atoms with Gasteiger partial charge in [-0.05, 0) is 42.3 Å². The molecule has 0 saturated carbocycles. The van der Waals surface area contributed by atoms with Crippen molar-refractivity contribution in [2.45, 2.75) is 24.3 Å². The molecule has 2 aromatic rings. The third-order valence-electron chi connectivity index (χ3n) is 4.72. The summed E-state index contributed by atoms with van der Waals surface area (Å²) in [6.45, 7) is 2.07. The molecule has 10 heteroatoms. The van der Waals surface area contributed by atoms with Crippen LogP contribution in [0.4, 0.5) is 10.1 Å². The summed E-state index contributed by atoms with van der Waals surface area (Å²) in [7, 11) is -3.96. The van der Waals surface area contributed by atoms with Crippen LogP contribution < -0.4 is 5.32 Å². The van der Waals surface area contributed by atoms with E-state index in [1.54, 1.807) is 6.07 Å². The number of benzene rings is 2. The molecule has 1 aliphatic rings. The molecule has 0 aromatic heterocycles. The number of carbonyl (C=O) groups is 1. The smallest absolute Gasteiger partial charge is 0.255 e. The molecule has 0 radical (unpaired) electrons. The van der Waals surface area contributed by atoms with Gasteiger partial charge in [-0.3, -0.25) is 4.79 Å². The lowest BCUT2D eigenvalue weighted by molar-refractivity contribution is 0.0583. The third-order valence-corrected chi connectivity index (χ3v) is 6.95. The number of nitrogens with one attached hydrogen (secondary N) is 1. The molecular formula is C20H22ClFN2O5S. The predicted octanol–water partition coefficient (Wildman–Crippen LogP) is 2.68. The Kier molecular flexibility index (Phi) is 7.10. The van der Waals surface area contributed by atoms with Gasteiger partial charge in [0.1, 0.15) is 5.82 Å². The zero-order chi connectivity index (χ0) is 21.9. The van der Waals surface area contributed by atoms with E-state index in [-0.39, 0.29) is 47.5 Å². The number of aliphatic hydroxyl groups excluding tert-OH is 1. The van der Waals surface area contributed by atoms with Gasteiger partial charge in [0, 0.05) is 24.3 Å². The van der Waals surface area contributed by atoms with Crippen LogP contribution in [0.3, 0.4) is 0 Å². The lowest BCUT2D eigenvalue weighted by atomic mass is 10.1. The molecule has 3 rings (SSSR count). The van der Waals surface area contributed by atoms with Crippen LogP contribution in [0.2, 0.25) is 5.02 Å². The van der Waals surface area contributed by atoms with E-state index >= 15 is 0 Å². The zero-order valence-corrected chi connectivity index (χ0v) is 17.8. The van der Waals surface area contributed by atoms with Crippen molar-refractivity contribution in [2.24, 2.45) is 0 Å². The van der Waals surface area contributed by atoms with Crippen LogP contribution in [0.15, 0.2) is 41.3 Å². The number of hydrogen-bond donors (Lipinski definition) is 2. The molecule has 1 fully saturated rings. The number of carbonyl (C=O) groups excluding carboxylic acids is 1. The molecule has 1 unspecified atom stereocenters. The zero-order valence-electron chi connectivity index (χ0n) is 16.3. The first-order chi connectivity index (χ1) is 14.2. The van der Waals surface area contributed by atoms with Crippen molar-refractivity contribution in [2.75, 3.05) is 31.6 Å². The summed E-state index contributed by atoms with van der Waals surface area (Å²) in [5, 5.41) is 12.4. The number of halogens is 2. The number of sulfonamides is 1. The SMILES string of the molecule is CCc1ccc(C(=O)Nc2ccc(F)c(Cl)c2)cc1S(=O)(=O)N1CCOCC(O)C1. The molecule has 1 atom stereocenters. The molecule has 1 aliphatic heterocycles. The van der Waals surface area contributed by atoms with Crippen molar-refractivity contribution in [3.63, 3.8) is 0 Å². The summed E-state index contributed by atoms with van der Waals surface area (Å²) in [5.41, 5.74) is 0.956. The van der Waals surface area contributed by atoms with Crippen molar-refractivity contribution >= 4 is 33.2 Å². The van der Waals surface area contributed by atoms with Gasteiger partial charge in [-0.25, -0.2) is 12.8 Å². The fourth-order valence-corrected chi connectivity index (χ4v) is 5.09. The van der Waals surface area contributed by atoms with Crippen LogP contribution >= 0.6 is 11.6 Å². The van der Waals surface area contributed by atoms with Gasteiger partial charge in [0.25, 0.3) is 5.91 Å². The van der Waals surface area contributed by atoms with E-state index in [4.69, 9.17) is 16.3 Å². The highest BCUT2D eigenvalue weighted by Crippen LogP contribution is 2.25. The first-order valence-electron chi connectivity index (χ1n) is 9.37. The lowest BCUT2D eigenvalue weighted by Crippen LogP contribution is -2.38.